The lowest BCUT2D eigenvalue weighted by Crippen LogP contribution is -2.59. The first kappa shape index (κ1) is 19.7. The average Bonchev–Trinajstić information content (AvgIpc) is 2.42. The van der Waals surface area contributed by atoms with E-state index in [2.05, 4.69) is 0 Å². The van der Waals surface area contributed by atoms with Crippen LogP contribution < -0.4 is 5.73 Å². The summed E-state index contributed by atoms with van der Waals surface area (Å²) in [5.74, 6) is -1.09. The van der Waals surface area contributed by atoms with Crippen molar-refractivity contribution in [1.82, 2.24) is 0 Å². The van der Waals surface area contributed by atoms with Crippen LogP contribution in [0.1, 0.15) is 27.7 Å². The van der Waals surface area contributed by atoms with Gasteiger partial charge in [0.2, 0.25) is 0 Å². The first-order valence-corrected chi connectivity index (χ1v) is 8.30. The predicted octanol–water partition coefficient (Wildman–Crippen LogP) is 0.218. The molecule has 9 heteroatoms. The number of thioether (sulfide) groups is 1. The van der Waals surface area contributed by atoms with Gasteiger partial charge in [-0.3, -0.25) is 14.4 Å². The van der Waals surface area contributed by atoms with Crippen molar-refractivity contribution in [2.45, 2.75) is 57.5 Å². The number of esters is 3. The van der Waals surface area contributed by atoms with Crippen molar-refractivity contribution >= 4 is 29.7 Å². The third-order valence-electron chi connectivity index (χ3n) is 3.03. The molecule has 0 aromatic rings. The fourth-order valence-corrected chi connectivity index (χ4v) is 3.31. The van der Waals surface area contributed by atoms with E-state index in [1.807, 2.05) is 0 Å². The lowest BCUT2D eigenvalue weighted by atomic mass is 10.00. The van der Waals surface area contributed by atoms with E-state index in [4.69, 9.17) is 24.7 Å². The highest BCUT2D eigenvalue weighted by Gasteiger charge is 2.50. The summed E-state index contributed by atoms with van der Waals surface area (Å²) in [6.45, 7) is 5.83. The van der Waals surface area contributed by atoms with E-state index in [1.165, 1.54) is 32.5 Å². The lowest BCUT2D eigenvalue weighted by Gasteiger charge is -2.43. The molecule has 0 saturated carbocycles. The molecule has 8 nitrogen and oxygen atoms in total. The fraction of sp³-hybridized carbons (Fsp3) is 0.786. The molecule has 0 aromatic carbocycles. The molecule has 0 bridgehead atoms. The maximum atomic E-state index is 11.4. The first-order chi connectivity index (χ1) is 10.8. The molecule has 1 heterocycles. The fourth-order valence-electron chi connectivity index (χ4n) is 2.29. The highest BCUT2D eigenvalue weighted by atomic mass is 32.2. The largest absolute Gasteiger partial charge is 0.456 e. The van der Waals surface area contributed by atoms with Crippen molar-refractivity contribution in [3.8, 4) is 0 Å². The number of carbonyl (C=O) groups excluding carboxylic acids is 3. The maximum Gasteiger partial charge on any atom is 0.303 e. The Kier molecular flexibility index (Phi) is 7.80. The van der Waals surface area contributed by atoms with Gasteiger partial charge in [-0.15, -0.1) is 11.8 Å². The van der Waals surface area contributed by atoms with Crippen molar-refractivity contribution < 1.29 is 33.3 Å². The molecule has 23 heavy (non-hydrogen) atoms. The van der Waals surface area contributed by atoms with Gasteiger partial charge in [0.05, 0.1) is 6.10 Å². The van der Waals surface area contributed by atoms with Gasteiger partial charge in [0.15, 0.2) is 18.3 Å². The van der Waals surface area contributed by atoms with E-state index in [0.29, 0.717) is 12.3 Å². The second kappa shape index (κ2) is 9.09. The zero-order valence-electron chi connectivity index (χ0n) is 13.6. The first-order valence-electron chi connectivity index (χ1n) is 7.25. The molecule has 2 N–H and O–H groups in total. The molecular weight excluding hydrogens is 326 g/mol. The second-order valence-corrected chi connectivity index (χ2v) is 6.30. The highest BCUT2D eigenvalue weighted by molar-refractivity contribution is 7.99. The van der Waals surface area contributed by atoms with Crippen LogP contribution in [0, 0.1) is 0 Å². The normalized spacial score (nSPS) is 30.4. The zero-order valence-corrected chi connectivity index (χ0v) is 14.5. The summed E-state index contributed by atoms with van der Waals surface area (Å²) in [6.07, 6.45) is -3.24. The van der Waals surface area contributed by atoms with Gasteiger partial charge in [0, 0.05) is 33.1 Å². The van der Waals surface area contributed by atoms with E-state index in [1.54, 1.807) is 6.92 Å². The van der Waals surface area contributed by atoms with Crippen LogP contribution in [0.4, 0.5) is 0 Å². The van der Waals surface area contributed by atoms with Gasteiger partial charge >= 0.3 is 17.9 Å². The van der Waals surface area contributed by atoms with E-state index < -0.39 is 47.8 Å². The van der Waals surface area contributed by atoms with Crippen LogP contribution in [0.15, 0.2) is 0 Å². The molecule has 0 spiro atoms. The summed E-state index contributed by atoms with van der Waals surface area (Å²) >= 11 is 1.35. The van der Waals surface area contributed by atoms with Crippen molar-refractivity contribution in [2.75, 3.05) is 12.3 Å². The predicted molar refractivity (Wildman–Crippen MR) is 82.5 cm³/mol. The molecule has 1 fully saturated rings. The summed E-state index contributed by atoms with van der Waals surface area (Å²) in [5.41, 5.74) is 4.92. The summed E-state index contributed by atoms with van der Waals surface area (Å²) in [7, 11) is 0. The van der Waals surface area contributed by atoms with Gasteiger partial charge in [-0.1, -0.05) is 0 Å². The van der Waals surface area contributed by atoms with Gasteiger partial charge in [-0.25, -0.2) is 0 Å². The Bertz CT molecular complexity index is 445. The standard InChI is InChI=1S/C14H23NO7S/c1-7-11(20-8(2)16)12(21-9(3)17)13(22-10(4)18)14(19-7)23-6-5-15/h7,11-14H,5-6,15H2,1-4H3/t7-,11+,12+,13-,14+/m0/s1. The second-order valence-electron chi connectivity index (χ2n) is 5.09. The van der Waals surface area contributed by atoms with Crippen molar-refractivity contribution in [2.24, 2.45) is 5.73 Å². The van der Waals surface area contributed by atoms with Crippen LogP contribution >= 0.6 is 11.8 Å². The molecule has 1 aliphatic rings. The average molecular weight is 349 g/mol. The number of hydrogen-bond donors (Lipinski definition) is 1. The number of hydrogen-bond acceptors (Lipinski definition) is 9. The SMILES string of the molecule is CC(=O)O[C@@H]1[C@H](OC(C)=O)[C@H](C)O[C@H](SCCN)[C@H]1OC(C)=O. The van der Waals surface area contributed by atoms with Gasteiger partial charge in [0.1, 0.15) is 5.44 Å². The van der Waals surface area contributed by atoms with Crippen LogP contribution in [-0.4, -0.2) is 60.1 Å². The van der Waals surface area contributed by atoms with Crippen LogP contribution in [0.25, 0.3) is 0 Å². The van der Waals surface area contributed by atoms with E-state index in [0.717, 1.165) is 0 Å². The molecular formula is C14H23NO7S. The smallest absolute Gasteiger partial charge is 0.303 e. The summed E-state index contributed by atoms with van der Waals surface area (Å²) < 4.78 is 21.6. The topological polar surface area (TPSA) is 114 Å². The summed E-state index contributed by atoms with van der Waals surface area (Å²) in [4.78, 5) is 34.2. The minimum absolute atomic E-state index is 0.414. The van der Waals surface area contributed by atoms with Crippen LogP contribution in [0.2, 0.25) is 0 Å². The van der Waals surface area contributed by atoms with Gasteiger partial charge in [-0.2, -0.15) is 0 Å². The van der Waals surface area contributed by atoms with Crippen LogP contribution in [0.3, 0.4) is 0 Å². The third kappa shape index (κ3) is 6.00. The monoisotopic (exact) mass is 349 g/mol. The molecule has 0 aromatic heterocycles. The van der Waals surface area contributed by atoms with E-state index in [9.17, 15) is 14.4 Å². The maximum absolute atomic E-state index is 11.4. The Labute approximate surface area is 139 Å². The lowest BCUT2D eigenvalue weighted by molar-refractivity contribution is -0.228. The zero-order chi connectivity index (χ0) is 17.6. The van der Waals surface area contributed by atoms with Crippen LogP contribution in [-0.2, 0) is 33.3 Å². The van der Waals surface area contributed by atoms with Gasteiger partial charge in [0.25, 0.3) is 0 Å². The molecule has 0 amide bonds. The summed E-state index contributed by atoms with van der Waals surface area (Å²) in [6, 6.07) is 0. The number of rotatable bonds is 6. The Hall–Kier alpha value is -1.32. The molecule has 0 radical (unpaired) electrons. The molecule has 0 aliphatic carbocycles. The molecule has 0 unspecified atom stereocenters. The third-order valence-corrected chi connectivity index (χ3v) is 4.21. The van der Waals surface area contributed by atoms with Gasteiger partial charge < -0.3 is 24.7 Å². The van der Waals surface area contributed by atoms with Crippen LogP contribution in [0.5, 0.6) is 0 Å². The number of ether oxygens (including phenoxy) is 4. The number of carbonyl (C=O) groups is 3. The Morgan fingerprint density at radius 1 is 0.957 bits per heavy atom. The summed E-state index contributed by atoms with van der Waals surface area (Å²) in [5, 5.41) is 0. The van der Waals surface area contributed by atoms with Gasteiger partial charge in [-0.05, 0) is 6.92 Å². The van der Waals surface area contributed by atoms with E-state index in [-0.39, 0.29) is 0 Å². The molecule has 1 rings (SSSR count). The van der Waals surface area contributed by atoms with Crippen molar-refractivity contribution in [3.05, 3.63) is 0 Å². The Morgan fingerprint density at radius 2 is 1.43 bits per heavy atom. The molecule has 1 saturated heterocycles. The molecule has 5 atom stereocenters. The Morgan fingerprint density at radius 3 is 1.91 bits per heavy atom. The highest BCUT2D eigenvalue weighted by Crippen LogP contribution is 2.33. The van der Waals surface area contributed by atoms with Crippen molar-refractivity contribution in [3.63, 3.8) is 0 Å². The number of nitrogens with two attached hydrogens (primary N) is 1. The molecule has 1 aliphatic heterocycles. The minimum Gasteiger partial charge on any atom is -0.456 e. The van der Waals surface area contributed by atoms with Crippen molar-refractivity contribution in [1.29, 1.82) is 0 Å². The minimum atomic E-state index is -0.945. The van der Waals surface area contributed by atoms with E-state index >= 15 is 0 Å². The molecule has 132 valence electrons. The quantitative estimate of drug-likeness (QED) is 0.531. The Balaban J connectivity index is 3.08.